The van der Waals surface area contributed by atoms with Crippen LogP contribution in [0.2, 0.25) is 20.1 Å². The minimum Gasteiger partial charge on any atom is -0.482 e. The monoisotopic (exact) mass is 518 g/mol. The summed E-state index contributed by atoms with van der Waals surface area (Å²) < 4.78 is 5.63. The zero-order chi connectivity index (χ0) is 23.8. The fourth-order valence-corrected chi connectivity index (χ4v) is 3.79. The molecule has 0 aromatic heterocycles. The molecule has 0 saturated heterocycles. The van der Waals surface area contributed by atoms with Crippen LogP contribution in [-0.4, -0.2) is 35.4 Å². The molecule has 0 aliphatic heterocycles. The van der Waals surface area contributed by atoms with Crippen molar-refractivity contribution < 1.29 is 14.3 Å². The second-order valence-electron chi connectivity index (χ2n) is 7.38. The Morgan fingerprint density at radius 3 is 2.28 bits per heavy atom. The van der Waals surface area contributed by atoms with Crippen LogP contribution >= 0.6 is 46.4 Å². The summed E-state index contributed by atoms with van der Waals surface area (Å²) in [5.41, 5.74) is 0.743. The number of carbonyl (C=O) groups is 2. The summed E-state index contributed by atoms with van der Waals surface area (Å²) in [6.07, 6.45) is 1.21. The van der Waals surface area contributed by atoms with E-state index in [1.807, 2.05) is 20.8 Å². The molecule has 2 aromatic carbocycles. The van der Waals surface area contributed by atoms with Gasteiger partial charge >= 0.3 is 0 Å². The maximum absolute atomic E-state index is 13.2. The first-order valence-corrected chi connectivity index (χ1v) is 11.8. The van der Waals surface area contributed by atoms with Crippen molar-refractivity contribution in [1.29, 1.82) is 0 Å². The van der Waals surface area contributed by atoms with E-state index in [1.165, 1.54) is 11.0 Å². The van der Waals surface area contributed by atoms with Crippen LogP contribution in [0, 0.1) is 0 Å². The van der Waals surface area contributed by atoms with Crippen LogP contribution in [-0.2, 0) is 16.1 Å². The summed E-state index contributed by atoms with van der Waals surface area (Å²) in [7, 11) is 0. The van der Waals surface area contributed by atoms with E-state index in [0.717, 1.165) is 12.0 Å². The van der Waals surface area contributed by atoms with E-state index in [1.54, 1.807) is 30.3 Å². The van der Waals surface area contributed by atoms with Crippen LogP contribution in [0.5, 0.6) is 5.75 Å². The summed E-state index contributed by atoms with van der Waals surface area (Å²) >= 11 is 24.2. The van der Waals surface area contributed by atoms with Gasteiger partial charge in [0.2, 0.25) is 5.91 Å². The lowest BCUT2D eigenvalue weighted by atomic mass is 10.1. The zero-order valence-corrected chi connectivity index (χ0v) is 21.2. The molecule has 0 bridgehead atoms. The number of rotatable bonds is 10. The molecule has 32 heavy (non-hydrogen) atoms. The average Bonchev–Trinajstić information content (AvgIpc) is 2.75. The molecule has 0 spiro atoms. The number of nitrogens with zero attached hydrogens (tertiary/aromatic N) is 1. The van der Waals surface area contributed by atoms with Gasteiger partial charge in [-0.15, -0.1) is 0 Å². The summed E-state index contributed by atoms with van der Waals surface area (Å²) in [5.74, 6) is -0.260. The van der Waals surface area contributed by atoms with Crippen molar-refractivity contribution in [3.05, 3.63) is 62.1 Å². The van der Waals surface area contributed by atoms with Gasteiger partial charge in [-0.25, -0.2) is 0 Å². The Labute approximate surface area is 208 Å². The second-order valence-corrected chi connectivity index (χ2v) is 9.03. The summed E-state index contributed by atoms with van der Waals surface area (Å²) in [5, 5.41) is 4.50. The van der Waals surface area contributed by atoms with E-state index in [4.69, 9.17) is 51.1 Å². The molecule has 9 heteroatoms. The zero-order valence-electron chi connectivity index (χ0n) is 18.1. The van der Waals surface area contributed by atoms with Crippen molar-refractivity contribution in [3.63, 3.8) is 0 Å². The normalized spacial score (nSPS) is 12.7. The molecule has 0 aliphatic rings. The first-order valence-electron chi connectivity index (χ1n) is 10.3. The van der Waals surface area contributed by atoms with Crippen molar-refractivity contribution in [1.82, 2.24) is 10.2 Å². The van der Waals surface area contributed by atoms with Crippen molar-refractivity contribution in [2.75, 3.05) is 6.61 Å². The van der Waals surface area contributed by atoms with Crippen molar-refractivity contribution in [2.45, 2.75) is 52.2 Å². The average molecular weight is 520 g/mol. The molecule has 0 heterocycles. The predicted octanol–water partition coefficient (Wildman–Crippen LogP) is 6.40. The lowest BCUT2D eigenvalue weighted by Crippen LogP contribution is -2.51. The standard InChI is InChI=1S/C23H26Cl4N2O3/c1-4-14(3)28-23(31)20(5-2)29(12-15-6-8-17(25)18(26)10-15)22(30)13-32-21-9-7-16(24)11-19(21)27/h6-11,14,20H,4-5,12-13H2,1-3H3,(H,28,31). The predicted molar refractivity (Wildman–Crippen MR) is 131 cm³/mol. The Balaban J connectivity index is 2.26. The van der Waals surface area contributed by atoms with Gasteiger partial charge in [-0.2, -0.15) is 0 Å². The minimum atomic E-state index is -0.685. The Morgan fingerprint density at radius 1 is 0.969 bits per heavy atom. The van der Waals surface area contributed by atoms with Gasteiger partial charge in [-0.1, -0.05) is 66.3 Å². The van der Waals surface area contributed by atoms with Gasteiger partial charge in [0.15, 0.2) is 6.61 Å². The van der Waals surface area contributed by atoms with Crippen LogP contribution in [0.4, 0.5) is 0 Å². The Hall–Kier alpha value is -1.66. The molecule has 0 aliphatic carbocycles. The molecule has 2 atom stereocenters. The lowest BCUT2D eigenvalue weighted by Gasteiger charge is -2.31. The molecular formula is C23H26Cl4N2O3. The van der Waals surface area contributed by atoms with Crippen LogP contribution in [0.25, 0.3) is 0 Å². The number of halogens is 4. The van der Waals surface area contributed by atoms with Crippen molar-refractivity contribution in [2.24, 2.45) is 0 Å². The number of hydrogen-bond donors (Lipinski definition) is 1. The maximum atomic E-state index is 13.2. The molecule has 5 nitrogen and oxygen atoms in total. The largest absolute Gasteiger partial charge is 0.482 e. The van der Waals surface area contributed by atoms with E-state index in [-0.39, 0.29) is 31.0 Å². The van der Waals surface area contributed by atoms with Crippen LogP contribution < -0.4 is 10.1 Å². The van der Waals surface area contributed by atoms with Gasteiger partial charge in [0.25, 0.3) is 5.91 Å². The molecule has 0 radical (unpaired) electrons. The molecule has 2 aromatic rings. The van der Waals surface area contributed by atoms with Gasteiger partial charge in [-0.05, 0) is 55.7 Å². The summed E-state index contributed by atoms with van der Waals surface area (Å²) in [6, 6.07) is 9.16. The Morgan fingerprint density at radius 2 is 1.69 bits per heavy atom. The van der Waals surface area contributed by atoms with Gasteiger partial charge in [-0.3, -0.25) is 9.59 Å². The van der Waals surface area contributed by atoms with Crippen LogP contribution in [0.1, 0.15) is 39.2 Å². The third kappa shape index (κ3) is 7.45. The van der Waals surface area contributed by atoms with Gasteiger partial charge in [0, 0.05) is 17.6 Å². The highest BCUT2D eigenvalue weighted by Gasteiger charge is 2.29. The van der Waals surface area contributed by atoms with Gasteiger partial charge < -0.3 is 15.0 Å². The topological polar surface area (TPSA) is 58.6 Å². The molecule has 174 valence electrons. The number of nitrogens with one attached hydrogen (secondary N) is 1. The van der Waals surface area contributed by atoms with E-state index in [0.29, 0.717) is 32.3 Å². The molecule has 2 unspecified atom stereocenters. The fourth-order valence-electron chi connectivity index (χ4n) is 3.01. The van der Waals surface area contributed by atoms with Crippen molar-refractivity contribution >= 4 is 58.2 Å². The molecule has 2 rings (SSSR count). The van der Waals surface area contributed by atoms with Crippen LogP contribution in [0.3, 0.4) is 0 Å². The maximum Gasteiger partial charge on any atom is 0.261 e. The highest BCUT2D eigenvalue weighted by atomic mass is 35.5. The smallest absolute Gasteiger partial charge is 0.261 e. The van der Waals surface area contributed by atoms with E-state index in [2.05, 4.69) is 5.32 Å². The third-order valence-corrected chi connectivity index (χ3v) is 6.24. The first-order chi connectivity index (χ1) is 15.2. The Kier molecular flexibility index (Phi) is 10.4. The Bertz CT molecular complexity index is 955. The molecule has 2 amide bonds. The second kappa shape index (κ2) is 12.5. The van der Waals surface area contributed by atoms with E-state index < -0.39 is 6.04 Å². The van der Waals surface area contributed by atoms with Crippen LogP contribution in [0.15, 0.2) is 36.4 Å². The summed E-state index contributed by atoms with van der Waals surface area (Å²) in [4.78, 5) is 27.6. The SMILES string of the molecule is CCC(C)NC(=O)C(CC)N(Cc1ccc(Cl)c(Cl)c1)C(=O)COc1ccc(Cl)cc1Cl. The number of benzene rings is 2. The lowest BCUT2D eigenvalue weighted by molar-refractivity contribution is -0.143. The highest BCUT2D eigenvalue weighted by molar-refractivity contribution is 6.42. The number of ether oxygens (including phenoxy) is 1. The quantitative estimate of drug-likeness (QED) is 0.395. The van der Waals surface area contributed by atoms with E-state index in [9.17, 15) is 9.59 Å². The molecule has 0 saturated carbocycles. The third-order valence-electron chi connectivity index (χ3n) is 4.97. The molecule has 0 fully saturated rings. The van der Waals surface area contributed by atoms with E-state index >= 15 is 0 Å². The van der Waals surface area contributed by atoms with Gasteiger partial charge in [0.1, 0.15) is 11.8 Å². The number of amides is 2. The number of hydrogen-bond acceptors (Lipinski definition) is 3. The minimum absolute atomic E-state index is 0.0115. The highest BCUT2D eigenvalue weighted by Crippen LogP contribution is 2.28. The van der Waals surface area contributed by atoms with Gasteiger partial charge in [0.05, 0.1) is 15.1 Å². The number of carbonyl (C=O) groups excluding carboxylic acids is 2. The first kappa shape index (κ1) is 26.6. The molecule has 1 N–H and O–H groups in total. The molecular weight excluding hydrogens is 494 g/mol. The summed E-state index contributed by atoms with van der Waals surface area (Å²) in [6.45, 7) is 5.62. The van der Waals surface area contributed by atoms with Crippen molar-refractivity contribution in [3.8, 4) is 5.75 Å². The fraction of sp³-hybridized carbons (Fsp3) is 0.391.